The van der Waals surface area contributed by atoms with E-state index in [9.17, 15) is 19.4 Å². The predicted octanol–water partition coefficient (Wildman–Crippen LogP) is 8.75. The van der Waals surface area contributed by atoms with Gasteiger partial charge in [-0.2, -0.15) is 4.98 Å². The number of rotatable bonds is 30. The molecule has 14 heteroatoms. The molecule has 1 fully saturated rings. The number of phosphoric ester groups is 1. The Kier molecular flexibility index (Phi) is 21.9. The molecule has 0 spiro atoms. The standard InChI is InChI=1S/C39H63ClFN2O9P/c1-3-4-5-6-7-8-9-10-11-12-13-14-15-16-17-21-26-48-28-34(49-27-33-22-19-18-20-23-33)29-50-53(46,47)51-31-39(30-40)36(44)35(41)37(52-39)43-25-24-32(2)42-38(43)45/h18-20,22-25,34-37,44H,3-17,21,26-31H2,1-2H3,(H,46,47)/t34-,35+,36-,37+,39+/m0/s1. The van der Waals surface area contributed by atoms with Gasteiger partial charge < -0.3 is 24.2 Å². The summed E-state index contributed by atoms with van der Waals surface area (Å²) in [5.41, 5.74) is -1.40. The van der Waals surface area contributed by atoms with Crippen LogP contribution in [0.4, 0.5) is 4.39 Å². The van der Waals surface area contributed by atoms with Crippen molar-refractivity contribution in [3.8, 4) is 0 Å². The maximum Gasteiger partial charge on any atom is 0.472 e. The van der Waals surface area contributed by atoms with E-state index < -0.39 is 56.2 Å². The lowest BCUT2D eigenvalue weighted by molar-refractivity contribution is -0.115. The van der Waals surface area contributed by atoms with E-state index in [-0.39, 0.29) is 19.8 Å². The fraction of sp³-hybridized carbons (Fsp3) is 0.744. The Bertz CT molecular complexity index is 1380. The molecule has 53 heavy (non-hydrogen) atoms. The third-order valence-electron chi connectivity index (χ3n) is 9.61. The van der Waals surface area contributed by atoms with Crippen LogP contribution in [0.3, 0.4) is 0 Å². The van der Waals surface area contributed by atoms with Crippen LogP contribution in [0, 0.1) is 6.92 Å². The summed E-state index contributed by atoms with van der Waals surface area (Å²) in [5.74, 6) is -0.505. The Morgan fingerprint density at radius 2 is 1.51 bits per heavy atom. The van der Waals surface area contributed by atoms with Crippen LogP contribution in [0.15, 0.2) is 47.4 Å². The van der Waals surface area contributed by atoms with Gasteiger partial charge in [0.25, 0.3) is 0 Å². The molecule has 0 amide bonds. The summed E-state index contributed by atoms with van der Waals surface area (Å²) in [4.78, 5) is 26.7. The van der Waals surface area contributed by atoms with Crippen LogP contribution in [0.5, 0.6) is 0 Å². The summed E-state index contributed by atoms with van der Waals surface area (Å²) < 4.78 is 57.0. The van der Waals surface area contributed by atoms with Crippen LogP contribution in [0.25, 0.3) is 0 Å². The molecule has 1 aliphatic heterocycles. The Balaban J connectivity index is 1.36. The maximum absolute atomic E-state index is 15.2. The van der Waals surface area contributed by atoms with Crippen molar-refractivity contribution in [2.75, 3.05) is 32.3 Å². The highest BCUT2D eigenvalue weighted by Crippen LogP contribution is 2.47. The normalized spacial score (nSPS) is 21.9. The van der Waals surface area contributed by atoms with Gasteiger partial charge in [0.2, 0.25) is 0 Å². The third kappa shape index (κ3) is 16.9. The monoisotopic (exact) mass is 788 g/mol. The Labute approximate surface area is 320 Å². The van der Waals surface area contributed by atoms with Crippen molar-refractivity contribution in [2.24, 2.45) is 0 Å². The Morgan fingerprint density at radius 3 is 2.08 bits per heavy atom. The first-order valence-electron chi connectivity index (χ1n) is 19.6. The quantitative estimate of drug-likeness (QED) is 0.0449. The van der Waals surface area contributed by atoms with Gasteiger partial charge in [-0.25, -0.2) is 13.8 Å². The van der Waals surface area contributed by atoms with Gasteiger partial charge in [0.15, 0.2) is 12.4 Å². The molecule has 1 saturated heterocycles. The van der Waals surface area contributed by atoms with Gasteiger partial charge in [-0.1, -0.05) is 134 Å². The summed E-state index contributed by atoms with van der Waals surface area (Å²) in [6, 6.07) is 11.0. The molecule has 1 aromatic carbocycles. The lowest BCUT2D eigenvalue weighted by Gasteiger charge is -2.30. The fourth-order valence-electron chi connectivity index (χ4n) is 6.30. The zero-order valence-electron chi connectivity index (χ0n) is 31.8. The summed E-state index contributed by atoms with van der Waals surface area (Å²) in [6.45, 7) is 3.62. The average Bonchev–Trinajstić information content (AvgIpc) is 3.40. The van der Waals surface area contributed by atoms with E-state index in [0.717, 1.165) is 29.4 Å². The number of benzene rings is 1. The predicted molar refractivity (Wildman–Crippen MR) is 205 cm³/mol. The van der Waals surface area contributed by atoms with Crippen LogP contribution >= 0.6 is 19.4 Å². The lowest BCUT2D eigenvalue weighted by atomic mass is 9.99. The van der Waals surface area contributed by atoms with Gasteiger partial charge in [-0.05, 0) is 25.0 Å². The van der Waals surface area contributed by atoms with E-state index in [2.05, 4.69) is 11.9 Å². The first-order chi connectivity index (χ1) is 25.6. The highest BCUT2D eigenvalue weighted by molar-refractivity contribution is 7.47. The molecule has 302 valence electrons. The molecule has 3 rings (SSSR count). The molecule has 0 radical (unpaired) electrons. The summed E-state index contributed by atoms with van der Waals surface area (Å²) >= 11 is 6.08. The lowest BCUT2D eigenvalue weighted by Crippen LogP contribution is -2.47. The zero-order valence-corrected chi connectivity index (χ0v) is 33.4. The molecule has 2 aromatic rings. The number of phosphoric acid groups is 1. The van der Waals surface area contributed by atoms with Crippen LogP contribution in [0.2, 0.25) is 0 Å². The minimum absolute atomic E-state index is 0.129. The third-order valence-corrected chi connectivity index (χ3v) is 11.0. The first kappa shape index (κ1) is 45.7. The topological polar surface area (TPSA) is 139 Å². The highest BCUT2D eigenvalue weighted by Gasteiger charge is 2.57. The number of hydrogen-bond donors (Lipinski definition) is 2. The number of nitrogens with zero attached hydrogens (tertiary/aromatic N) is 2. The van der Waals surface area contributed by atoms with E-state index >= 15 is 4.39 Å². The van der Waals surface area contributed by atoms with Gasteiger partial charge in [0.05, 0.1) is 32.3 Å². The van der Waals surface area contributed by atoms with Gasteiger partial charge in [-0.3, -0.25) is 13.6 Å². The number of halogens is 2. The number of aliphatic hydroxyl groups excluding tert-OH is 1. The molecule has 2 N–H and O–H groups in total. The second kappa shape index (κ2) is 25.4. The van der Waals surface area contributed by atoms with Crippen molar-refractivity contribution in [1.82, 2.24) is 9.55 Å². The van der Waals surface area contributed by atoms with Gasteiger partial charge in [0, 0.05) is 18.5 Å². The molecule has 2 heterocycles. The summed E-state index contributed by atoms with van der Waals surface area (Å²) in [6.07, 6.45) is 15.6. The van der Waals surface area contributed by atoms with Crippen LogP contribution in [-0.4, -0.2) is 75.8 Å². The number of aryl methyl sites for hydroxylation is 1. The van der Waals surface area contributed by atoms with Crippen molar-refractivity contribution in [3.63, 3.8) is 0 Å². The number of hydrogen-bond acceptors (Lipinski definition) is 9. The van der Waals surface area contributed by atoms with E-state index in [0.29, 0.717) is 12.3 Å². The Hall–Kier alpha value is -1.73. The molecule has 1 unspecified atom stereocenters. The van der Waals surface area contributed by atoms with E-state index in [1.807, 2.05) is 30.3 Å². The average molecular weight is 789 g/mol. The van der Waals surface area contributed by atoms with Crippen molar-refractivity contribution in [1.29, 1.82) is 0 Å². The molecule has 1 aliphatic rings. The van der Waals surface area contributed by atoms with Crippen molar-refractivity contribution >= 4 is 19.4 Å². The van der Waals surface area contributed by atoms with Crippen molar-refractivity contribution < 1.29 is 42.2 Å². The van der Waals surface area contributed by atoms with Crippen molar-refractivity contribution in [2.45, 2.75) is 153 Å². The number of unbranched alkanes of at least 4 members (excludes halogenated alkanes) is 15. The van der Waals surface area contributed by atoms with E-state index in [4.69, 9.17) is 34.9 Å². The molecule has 1 aromatic heterocycles. The molecule has 6 atom stereocenters. The zero-order chi connectivity index (χ0) is 38.4. The highest BCUT2D eigenvalue weighted by atomic mass is 35.5. The molecular formula is C39H63ClFN2O9P. The van der Waals surface area contributed by atoms with E-state index in [1.54, 1.807) is 6.92 Å². The number of alkyl halides is 2. The number of aliphatic hydroxyl groups is 1. The molecule has 0 bridgehead atoms. The summed E-state index contributed by atoms with van der Waals surface area (Å²) in [7, 11) is -4.77. The second-order valence-electron chi connectivity index (χ2n) is 14.2. The minimum Gasteiger partial charge on any atom is -0.387 e. The smallest absolute Gasteiger partial charge is 0.387 e. The van der Waals surface area contributed by atoms with Gasteiger partial charge in [0.1, 0.15) is 17.8 Å². The van der Waals surface area contributed by atoms with Crippen LogP contribution < -0.4 is 5.69 Å². The second-order valence-corrected chi connectivity index (χ2v) is 15.9. The number of aromatic nitrogens is 2. The first-order valence-corrected chi connectivity index (χ1v) is 21.6. The number of ether oxygens (including phenoxy) is 3. The van der Waals surface area contributed by atoms with Crippen LogP contribution in [0.1, 0.15) is 127 Å². The molecule has 0 saturated carbocycles. The summed E-state index contributed by atoms with van der Waals surface area (Å²) in [5, 5.41) is 10.7. The Morgan fingerprint density at radius 1 is 0.925 bits per heavy atom. The van der Waals surface area contributed by atoms with E-state index in [1.165, 1.54) is 95.7 Å². The van der Waals surface area contributed by atoms with Gasteiger partial charge >= 0.3 is 13.5 Å². The SMILES string of the molecule is CCCCCCCCCCCCCCCCCCOC[C@@H](COP(=O)(O)OC[C@@]1(CCl)O[C@@H](n2ccc(C)nc2=O)[C@H](F)[C@@H]1O)OCc1ccccc1. The molecule has 0 aliphatic carbocycles. The van der Waals surface area contributed by atoms with Crippen LogP contribution in [-0.2, 0) is 34.4 Å². The minimum atomic E-state index is -4.77. The molecule has 11 nitrogen and oxygen atoms in total. The van der Waals surface area contributed by atoms with Gasteiger partial charge in [-0.15, -0.1) is 11.6 Å². The van der Waals surface area contributed by atoms with Crippen molar-refractivity contribution in [3.05, 3.63) is 64.3 Å². The molecular weight excluding hydrogens is 726 g/mol. The maximum atomic E-state index is 15.2. The largest absolute Gasteiger partial charge is 0.472 e. The fourth-order valence-corrected chi connectivity index (χ4v) is 7.41.